The zero-order valence-electron chi connectivity index (χ0n) is 15.3. The lowest BCUT2D eigenvalue weighted by Crippen LogP contribution is -2.25. The van der Waals surface area contributed by atoms with Gasteiger partial charge >= 0.3 is 0 Å². The number of thioether (sulfide) groups is 1. The standard InChI is InChI=1S/C18H20FN5O2S/c1-4-23-17(26)16-15(11(3)22-24(16)5-2)21-18(23)27-10-14(25)20-13-9-7-6-8-12(13)19/h6-9H,4-5,10H2,1-3H3,(H,20,25). The molecule has 0 aliphatic rings. The fourth-order valence-electron chi connectivity index (χ4n) is 2.79. The predicted molar refractivity (Wildman–Crippen MR) is 104 cm³/mol. The Hall–Kier alpha value is -2.68. The van der Waals surface area contributed by atoms with Crippen LogP contribution in [0.3, 0.4) is 0 Å². The molecule has 142 valence electrons. The number of anilines is 1. The van der Waals surface area contributed by atoms with Crippen LogP contribution >= 0.6 is 11.8 Å². The summed E-state index contributed by atoms with van der Waals surface area (Å²) in [6.07, 6.45) is 0. The van der Waals surface area contributed by atoms with Crippen molar-refractivity contribution in [2.24, 2.45) is 0 Å². The number of fused-ring (bicyclic) bond motifs is 1. The van der Waals surface area contributed by atoms with Gasteiger partial charge in [0.05, 0.1) is 17.1 Å². The summed E-state index contributed by atoms with van der Waals surface area (Å²) in [5, 5.41) is 7.33. The molecule has 1 amide bonds. The molecule has 0 saturated carbocycles. The Kier molecular flexibility index (Phi) is 5.59. The molecule has 3 aromatic rings. The fraction of sp³-hybridized carbons (Fsp3) is 0.333. The summed E-state index contributed by atoms with van der Waals surface area (Å²) in [7, 11) is 0. The average Bonchev–Trinajstić information content (AvgIpc) is 2.98. The number of hydrogen-bond acceptors (Lipinski definition) is 5. The van der Waals surface area contributed by atoms with Gasteiger partial charge in [-0.25, -0.2) is 9.37 Å². The SMILES string of the molecule is CCn1c(SCC(=O)Nc2ccccc2F)nc2c(C)nn(CC)c2c1=O. The summed E-state index contributed by atoms with van der Waals surface area (Å²) in [5.74, 6) is -0.862. The molecule has 3 rings (SSSR count). The quantitative estimate of drug-likeness (QED) is 0.518. The van der Waals surface area contributed by atoms with E-state index in [4.69, 9.17) is 0 Å². The van der Waals surface area contributed by atoms with E-state index >= 15 is 0 Å². The highest BCUT2D eigenvalue weighted by Crippen LogP contribution is 2.20. The molecule has 9 heteroatoms. The molecule has 0 aliphatic carbocycles. The lowest BCUT2D eigenvalue weighted by Gasteiger charge is -2.11. The predicted octanol–water partition coefficient (Wildman–Crippen LogP) is 2.81. The van der Waals surface area contributed by atoms with E-state index in [1.807, 2.05) is 13.8 Å². The molecule has 1 N–H and O–H groups in total. The molecule has 0 spiro atoms. The summed E-state index contributed by atoms with van der Waals surface area (Å²) in [5.41, 5.74) is 1.63. The van der Waals surface area contributed by atoms with Crippen LogP contribution in [0.5, 0.6) is 0 Å². The summed E-state index contributed by atoms with van der Waals surface area (Å²) < 4.78 is 16.8. The molecule has 0 fully saturated rings. The molecular weight excluding hydrogens is 369 g/mol. The van der Waals surface area contributed by atoms with E-state index in [9.17, 15) is 14.0 Å². The monoisotopic (exact) mass is 389 g/mol. The molecule has 2 aromatic heterocycles. The minimum absolute atomic E-state index is 0.00719. The molecule has 0 unspecified atom stereocenters. The third-order valence-corrected chi connectivity index (χ3v) is 5.05. The molecule has 0 atom stereocenters. The second kappa shape index (κ2) is 7.91. The maximum Gasteiger partial charge on any atom is 0.280 e. The van der Waals surface area contributed by atoms with Crippen LogP contribution in [0.2, 0.25) is 0 Å². The van der Waals surface area contributed by atoms with Gasteiger partial charge in [-0.15, -0.1) is 0 Å². The van der Waals surface area contributed by atoms with Crippen molar-refractivity contribution in [2.45, 2.75) is 39.0 Å². The van der Waals surface area contributed by atoms with Crippen molar-refractivity contribution in [2.75, 3.05) is 11.1 Å². The molecule has 0 bridgehead atoms. The van der Waals surface area contributed by atoms with E-state index < -0.39 is 5.82 Å². The number of para-hydroxylation sites is 1. The fourth-order valence-corrected chi connectivity index (χ4v) is 3.64. The average molecular weight is 389 g/mol. The van der Waals surface area contributed by atoms with Crippen LogP contribution in [0.15, 0.2) is 34.2 Å². The van der Waals surface area contributed by atoms with Gasteiger partial charge < -0.3 is 5.32 Å². The largest absolute Gasteiger partial charge is 0.323 e. The Morgan fingerprint density at radius 2 is 2.00 bits per heavy atom. The first-order valence-corrected chi connectivity index (χ1v) is 9.59. The van der Waals surface area contributed by atoms with Gasteiger partial charge in [-0.05, 0) is 32.9 Å². The van der Waals surface area contributed by atoms with E-state index in [2.05, 4.69) is 15.4 Å². The number of rotatable bonds is 6. The Bertz CT molecular complexity index is 1060. The van der Waals surface area contributed by atoms with E-state index in [0.717, 1.165) is 11.8 Å². The molecular formula is C18H20FN5O2S. The van der Waals surface area contributed by atoms with E-state index in [-0.39, 0.29) is 22.9 Å². The number of aryl methyl sites for hydroxylation is 2. The smallest absolute Gasteiger partial charge is 0.280 e. The minimum Gasteiger partial charge on any atom is -0.323 e. The first-order chi connectivity index (χ1) is 13.0. The lowest BCUT2D eigenvalue weighted by atomic mass is 10.3. The summed E-state index contributed by atoms with van der Waals surface area (Å²) in [6, 6.07) is 5.97. The highest BCUT2D eigenvalue weighted by atomic mass is 32.2. The number of aromatic nitrogens is 4. The van der Waals surface area contributed by atoms with E-state index in [1.165, 1.54) is 16.7 Å². The number of amides is 1. The molecule has 1 aromatic carbocycles. The van der Waals surface area contributed by atoms with Crippen LogP contribution in [0.25, 0.3) is 11.0 Å². The van der Waals surface area contributed by atoms with Crippen LogP contribution in [-0.2, 0) is 17.9 Å². The highest BCUT2D eigenvalue weighted by Gasteiger charge is 2.18. The number of hydrogen-bond donors (Lipinski definition) is 1. The van der Waals surface area contributed by atoms with Gasteiger partial charge in [0.1, 0.15) is 11.3 Å². The minimum atomic E-state index is -0.497. The Morgan fingerprint density at radius 3 is 2.67 bits per heavy atom. The van der Waals surface area contributed by atoms with Gasteiger partial charge in [0, 0.05) is 13.1 Å². The molecule has 0 saturated heterocycles. The molecule has 0 radical (unpaired) electrons. The van der Waals surface area contributed by atoms with Crippen molar-refractivity contribution in [3.63, 3.8) is 0 Å². The van der Waals surface area contributed by atoms with Gasteiger partial charge in [0.2, 0.25) is 5.91 Å². The molecule has 2 heterocycles. The molecule has 7 nitrogen and oxygen atoms in total. The molecule has 0 aliphatic heterocycles. The van der Waals surface area contributed by atoms with E-state index in [1.54, 1.807) is 23.7 Å². The topological polar surface area (TPSA) is 81.8 Å². The zero-order valence-corrected chi connectivity index (χ0v) is 16.1. The number of carbonyl (C=O) groups is 1. The van der Waals surface area contributed by atoms with Crippen molar-refractivity contribution in [1.82, 2.24) is 19.3 Å². The third kappa shape index (κ3) is 3.73. The summed E-state index contributed by atoms with van der Waals surface area (Å²) in [4.78, 5) is 29.6. The van der Waals surface area contributed by atoms with Crippen LogP contribution in [0.1, 0.15) is 19.5 Å². The zero-order chi connectivity index (χ0) is 19.6. The van der Waals surface area contributed by atoms with Crippen molar-refractivity contribution >= 4 is 34.4 Å². The van der Waals surface area contributed by atoms with Gasteiger partial charge in [0.25, 0.3) is 5.56 Å². The highest BCUT2D eigenvalue weighted by molar-refractivity contribution is 7.99. The lowest BCUT2D eigenvalue weighted by molar-refractivity contribution is -0.113. The third-order valence-electron chi connectivity index (χ3n) is 4.08. The second-order valence-corrected chi connectivity index (χ2v) is 6.80. The maximum atomic E-state index is 13.7. The number of nitrogens with zero attached hydrogens (tertiary/aromatic N) is 4. The number of halogens is 1. The number of nitrogens with one attached hydrogen (secondary N) is 1. The van der Waals surface area contributed by atoms with Gasteiger partial charge in [-0.1, -0.05) is 23.9 Å². The number of benzene rings is 1. The van der Waals surface area contributed by atoms with Crippen molar-refractivity contribution < 1.29 is 9.18 Å². The van der Waals surface area contributed by atoms with Crippen molar-refractivity contribution in [3.05, 3.63) is 46.1 Å². The van der Waals surface area contributed by atoms with Crippen molar-refractivity contribution in [3.8, 4) is 0 Å². The number of carbonyl (C=O) groups excluding carboxylic acids is 1. The molecule has 27 heavy (non-hydrogen) atoms. The Balaban J connectivity index is 1.86. The van der Waals surface area contributed by atoms with Gasteiger partial charge in [-0.2, -0.15) is 5.10 Å². The second-order valence-electron chi connectivity index (χ2n) is 5.86. The van der Waals surface area contributed by atoms with Crippen LogP contribution in [-0.4, -0.2) is 31.0 Å². The van der Waals surface area contributed by atoms with Gasteiger partial charge in [0.15, 0.2) is 10.7 Å². The first-order valence-electron chi connectivity index (χ1n) is 8.61. The normalized spacial score (nSPS) is 11.1. The Labute approximate surface area is 159 Å². The van der Waals surface area contributed by atoms with Crippen LogP contribution in [0, 0.1) is 12.7 Å². The summed E-state index contributed by atoms with van der Waals surface area (Å²) in [6.45, 7) is 6.56. The van der Waals surface area contributed by atoms with Crippen LogP contribution < -0.4 is 10.9 Å². The summed E-state index contributed by atoms with van der Waals surface area (Å²) >= 11 is 1.14. The Morgan fingerprint density at radius 1 is 1.26 bits per heavy atom. The maximum absolute atomic E-state index is 13.7. The van der Waals surface area contributed by atoms with E-state index in [0.29, 0.717) is 35.0 Å². The van der Waals surface area contributed by atoms with Gasteiger partial charge in [-0.3, -0.25) is 18.8 Å². The van der Waals surface area contributed by atoms with Crippen molar-refractivity contribution in [1.29, 1.82) is 0 Å². The van der Waals surface area contributed by atoms with Crippen LogP contribution in [0.4, 0.5) is 10.1 Å². The first kappa shape index (κ1) is 19.1.